The molecule has 0 saturated heterocycles. The molecule has 5 heteroatoms. The average Bonchev–Trinajstić information content (AvgIpc) is 2.10. The maximum Gasteiger partial charge on any atom is 0.358 e. The Morgan fingerprint density at radius 2 is 2.38 bits per heavy atom. The van der Waals surface area contributed by atoms with E-state index in [4.69, 9.17) is 4.74 Å². The lowest BCUT2D eigenvalue weighted by molar-refractivity contribution is 0.0518. The Morgan fingerprint density at radius 3 is 2.92 bits per heavy atom. The first-order chi connectivity index (χ1) is 6.15. The van der Waals surface area contributed by atoms with Crippen molar-refractivity contribution in [2.75, 3.05) is 6.61 Å². The maximum absolute atomic E-state index is 11.1. The SMILES string of the molecule is CCOC(=O)c1c[nH]c(=O)c(C)n1. The molecule has 0 aliphatic carbocycles. The van der Waals surface area contributed by atoms with Gasteiger partial charge in [-0.2, -0.15) is 0 Å². The molecule has 0 spiro atoms. The lowest BCUT2D eigenvalue weighted by Gasteiger charge is -2.00. The molecular weight excluding hydrogens is 172 g/mol. The number of carbonyl (C=O) groups is 1. The molecule has 1 rings (SSSR count). The first kappa shape index (κ1) is 9.44. The summed E-state index contributed by atoms with van der Waals surface area (Å²) in [6.45, 7) is 3.52. The highest BCUT2D eigenvalue weighted by molar-refractivity contribution is 5.86. The van der Waals surface area contributed by atoms with Crippen LogP contribution in [-0.2, 0) is 4.74 Å². The first-order valence-electron chi connectivity index (χ1n) is 3.88. The van der Waals surface area contributed by atoms with Gasteiger partial charge in [0.25, 0.3) is 5.56 Å². The van der Waals surface area contributed by atoms with Gasteiger partial charge in [-0.15, -0.1) is 0 Å². The number of ether oxygens (including phenoxy) is 1. The number of esters is 1. The Hall–Kier alpha value is -1.65. The summed E-state index contributed by atoms with van der Waals surface area (Å²) in [5, 5.41) is 0. The van der Waals surface area contributed by atoms with Gasteiger partial charge < -0.3 is 9.72 Å². The van der Waals surface area contributed by atoms with Crippen LogP contribution in [0.25, 0.3) is 0 Å². The summed E-state index contributed by atoms with van der Waals surface area (Å²) in [5.41, 5.74) is 0.0811. The second-order valence-electron chi connectivity index (χ2n) is 2.42. The molecule has 1 aromatic rings. The minimum atomic E-state index is -0.526. The van der Waals surface area contributed by atoms with E-state index in [1.165, 1.54) is 13.1 Å². The van der Waals surface area contributed by atoms with Crippen LogP contribution in [0.2, 0.25) is 0 Å². The quantitative estimate of drug-likeness (QED) is 0.665. The number of hydrogen-bond acceptors (Lipinski definition) is 4. The summed E-state index contributed by atoms with van der Waals surface area (Å²) in [6, 6.07) is 0. The van der Waals surface area contributed by atoms with Crippen molar-refractivity contribution in [3.63, 3.8) is 0 Å². The Bertz CT molecular complexity index is 370. The molecule has 0 unspecified atom stereocenters. The van der Waals surface area contributed by atoms with Crippen LogP contribution in [0.3, 0.4) is 0 Å². The largest absolute Gasteiger partial charge is 0.461 e. The van der Waals surface area contributed by atoms with Crippen LogP contribution in [0.15, 0.2) is 11.0 Å². The van der Waals surface area contributed by atoms with Gasteiger partial charge in [0, 0.05) is 6.20 Å². The fourth-order valence-corrected chi connectivity index (χ4v) is 0.812. The third-order valence-corrected chi connectivity index (χ3v) is 1.44. The molecule has 0 atom stereocenters. The third kappa shape index (κ3) is 2.14. The second kappa shape index (κ2) is 3.84. The van der Waals surface area contributed by atoms with Crippen molar-refractivity contribution < 1.29 is 9.53 Å². The number of hydrogen-bond donors (Lipinski definition) is 1. The topological polar surface area (TPSA) is 72.1 Å². The highest BCUT2D eigenvalue weighted by Gasteiger charge is 2.08. The normalized spacial score (nSPS) is 9.69. The van der Waals surface area contributed by atoms with Gasteiger partial charge in [-0.05, 0) is 13.8 Å². The zero-order chi connectivity index (χ0) is 9.84. The number of H-pyrrole nitrogens is 1. The Labute approximate surface area is 74.8 Å². The molecule has 5 nitrogen and oxygen atoms in total. The number of nitrogens with zero attached hydrogens (tertiary/aromatic N) is 1. The fourth-order valence-electron chi connectivity index (χ4n) is 0.812. The van der Waals surface area contributed by atoms with E-state index in [1.807, 2.05) is 0 Å². The van der Waals surface area contributed by atoms with Crippen molar-refractivity contribution in [3.8, 4) is 0 Å². The lowest BCUT2D eigenvalue weighted by Crippen LogP contribution is -2.16. The standard InChI is InChI=1S/C8H10N2O3/c1-3-13-8(12)6-4-9-7(11)5(2)10-6/h4H,3H2,1-2H3,(H,9,11). The van der Waals surface area contributed by atoms with Crippen LogP contribution in [0.4, 0.5) is 0 Å². The van der Waals surface area contributed by atoms with Crippen LogP contribution in [-0.4, -0.2) is 22.5 Å². The number of aromatic nitrogens is 2. The molecule has 70 valence electrons. The fraction of sp³-hybridized carbons (Fsp3) is 0.375. The van der Waals surface area contributed by atoms with E-state index in [1.54, 1.807) is 6.92 Å². The van der Waals surface area contributed by atoms with E-state index >= 15 is 0 Å². The maximum atomic E-state index is 11.1. The van der Waals surface area contributed by atoms with Gasteiger partial charge in [0.2, 0.25) is 0 Å². The highest BCUT2D eigenvalue weighted by atomic mass is 16.5. The number of aryl methyl sites for hydroxylation is 1. The van der Waals surface area contributed by atoms with Crippen LogP contribution in [0.5, 0.6) is 0 Å². The van der Waals surface area contributed by atoms with E-state index in [0.29, 0.717) is 6.61 Å². The van der Waals surface area contributed by atoms with Crippen LogP contribution in [0.1, 0.15) is 23.1 Å². The molecule has 0 fully saturated rings. The minimum Gasteiger partial charge on any atom is -0.461 e. The van der Waals surface area contributed by atoms with Gasteiger partial charge in [-0.3, -0.25) is 4.79 Å². The predicted octanol–water partition coefficient (Wildman–Crippen LogP) is 0.255. The number of nitrogens with one attached hydrogen (secondary N) is 1. The molecule has 1 aromatic heterocycles. The second-order valence-corrected chi connectivity index (χ2v) is 2.42. The van der Waals surface area contributed by atoms with Crippen LogP contribution < -0.4 is 5.56 Å². The summed E-state index contributed by atoms with van der Waals surface area (Å²) < 4.78 is 4.70. The van der Waals surface area contributed by atoms with Crippen LogP contribution >= 0.6 is 0 Å². The molecule has 1 heterocycles. The Morgan fingerprint density at radius 1 is 1.69 bits per heavy atom. The monoisotopic (exact) mass is 182 g/mol. The zero-order valence-corrected chi connectivity index (χ0v) is 7.46. The molecule has 13 heavy (non-hydrogen) atoms. The molecule has 0 radical (unpaired) electrons. The summed E-state index contributed by atoms with van der Waals surface area (Å²) >= 11 is 0. The van der Waals surface area contributed by atoms with Gasteiger partial charge in [0.15, 0.2) is 5.69 Å². The molecule has 0 saturated carbocycles. The third-order valence-electron chi connectivity index (χ3n) is 1.44. The smallest absolute Gasteiger partial charge is 0.358 e. The molecule has 0 amide bonds. The number of rotatable bonds is 2. The number of aromatic amines is 1. The summed E-state index contributed by atoms with van der Waals surface area (Å²) in [6.07, 6.45) is 1.24. The van der Waals surface area contributed by atoms with E-state index in [-0.39, 0.29) is 16.9 Å². The molecular formula is C8H10N2O3. The molecule has 0 aliphatic rings. The summed E-state index contributed by atoms with van der Waals surface area (Å²) in [4.78, 5) is 28.1. The van der Waals surface area contributed by atoms with E-state index in [9.17, 15) is 9.59 Å². The minimum absolute atomic E-state index is 0.124. The van der Waals surface area contributed by atoms with Crippen molar-refractivity contribution in [2.45, 2.75) is 13.8 Å². The van der Waals surface area contributed by atoms with Crippen molar-refractivity contribution >= 4 is 5.97 Å². The van der Waals surface area contributed by atoms with Gasteiger partial charge in [-0.25, -0.2) is 9.78 Å². The van der Waals surface area contributed by atoms with Crippen molar-refractivity contribution in [2.24, 2.45) is 0 Å². The average molecular weight is 182 g/mol. The van der Waals surface area contributed by atoms with E-state index < -0.39 is 5.97 Å². The Balaban J connectivity index is 2.97. The van der Waals surface area contributed by atoms with Crippen LogP contribution in [0, 0.1) is 6.92 Å². The van der Waals surface area contributed by atoms with E-state index in [2.05, 4.69) is 9.97 Å². The van der Waals surface area contributed by atoms with Gasteiger partial charge in [0.05, 0.1) is 6.61 Å². The zero-order valence-electron chi connectivity index (χ0n) is 7.46. The van der Waals surface area contributed by atoms with Crippen molar-refractivity contribution in [1.82, 2.24) is 9.97 Å². The van der Waals surface area contributed by atoms with Crippen molar-refractivity contribution in [3.05, 3.63) is 27.9 Å². The highest BCUT2D eigenvalue weighted by Crippen LogP contribution is 1.94. The van der Waals surface area contributed by atoms with E-state index in [0.717, 1.165) is 0 Å². The van der Waals surface area contributed by atoms with Gasteiger partial charge >= 0.3 is 5.97 Å². The summed E-state index contributed by atoms with van der Waals surface area (Å²) in [5.74, 6) is -0.526. The first-order valence-corrected chi connectivity index (χ1v) is 3.88. The lowest BCUT2D eigenvalue weighted by atomic mass is 10.4. The summed E-state index contributed by atoms with van der Waals surface area (Å²) in [7, 11) is 0. The molecule has 0 bridgehead atoms. The van der Waals surface area contributed by atoms with Crippen molar-refractivity contribution in [1.29, 1.82) is 0 Å². The molecule has 0 aromatic carbocycles. The number of carbonyl (C=O) groups excluding carboxylic acids is 1. The Kier molecular flexibility index (Phi) is 2.79. The predicted molar refractivity (Wildman–Crippen MR) is 45.6 cm³/mol. The molecule has 1 N–H and O–H groups in total. The van der Waals surface area contributed by atoms with Gasteiger partial charge in [0.1, 0.15) is 5.69 Å². The van der Waals surface area contributed by atoms with Gasteiger partial charge in [-0.1, -0.05) is 0 Å². The molecule has 0 aliphatic heterocycles.